The predicted molar refractivity (Wildman–Crippen MR) is 67.5 cm³/mol. The number of urea groups is 1. The van der Waals surface area contributed by atoms with Crippen LogP contribution in [0.5, 0.6) is 0 Å². The summed E-state index contributed by atoms with van der Waals surface area (Å²) in [5.74, 6) is -0.884. The second-order valence-corrected chi connectivity index (χ2v) is 4.16. The molecule has 116 valence electrons. The van der Waals surface area contributed by atoms with Crippen LogP contribution in [-0.2, 0) is 17.5 Å². The molecule has 0 aliphatic rings. The molecule has 9 heteroatoms. The van der Waals surface area contributed by atoms with E-state index in [0.29, 0.717) is 23.6 Å². The van der Waals surface area contributed by atoms with Crippen LogP contribution in [0.3, 0.4) is 0 Å². The predicted octanol–water partition coefficient (Wildman–Crippen LogP) is 1.10. The Morgan fingerprint density at radius 1 is 1.33 bits per heavy atom. The summed E-state index contributed by atoms with van der Waals surface area (Å²) in [7, 11) is 0. The van der Waals surface area contributed by atoms with Gasteiger partial charge in [0, 0.05) is 12.7 Å². The van der Waals surface area contributed by atoms with Crippen LogP contribution in [0.15, 0.2) is 23.1 Å². The lowest BCUT2D eigenvalue weighted by Crippen LogP contribution is -2.42. The third-order valence-electron chi connectivity index (χ3n) is 2.43. The lowest BCUT2D eigenvalue weighted by Gasteiger charge is -2.10. The van der Waals surface area contributed by atoms with E-state index < -0.39 is 35.8 Å². The molecule has 0 aliphatic carbocycles. The van der Waals surface area contributed by atoms with E-state index in [2.05, 4.69) is 5.32 Å². The minimum atomic E-state index is -4.80. The molecule has 1 aromatic heterocycles. The Morgan fingerprint density at radius 3 is 2.57 bits per heavy atom. The van der Waals surface area contributed by atoms with Crippen molar-refractivity contribution < 1.29 is 22.8 Å². The van der Waals surface area contributed by atoms with Gasteiger partial charge in [-0.1, -0.05) is 6.92 Å². The fourth-order valence-corrected chi connectivity index (χ4v) is 1.48. The number of aromatic nitrogens is 1. The summed E-state index contributed by atoms with van der Waals surface area (Å²) >= 11 is 0. The van der Waals surface area contributed by atoms with Gasteiger partial charge in [-0.2, -0.15) is 13.2 Å². The van der Waals surface area contributed by atoms with Crippen LogP contribution in [0.25, 0.3) is 0 Å². The summed E-state index contributed by atoms with van der Waals surface area (Å²) in [4.78, 5) is 34.3. The van der Waals surface area contributed by atoms with Gasteiger partial charge in [0.2, 0.25) is 5.91 Å². The smallest absolute Gasteiger partial charge is 0.338 e. The van der Waals surface area contributed by atoms with Crippen LogP contribution < -0.4 is 16.2 Å². The van der Waals surface area contributed by atoms with Crippen molar-refractivity contribution in [3.63, 3.8) is 0 Å². The summed E-state index contributed by atoms with van der Waals surface area (Å²) in [6.07, 6.45) is -3.09. The van der Waals surface area contributed by atoms with Crippen molar-refractivity contribution in [2.75, 3.05) is 6.54 Å². The SMILES string of the molecule is CCCNC(=O)NC(=O)Cn1cccc(C(F)(F)F)c1=O. The fraction of sp³-hybridized carbons (Fsp3) is 0.417. The molecule has 0 spiro atoms. The van der Waals surface area contributed by atoms with Gasteiger partial charge in [-0.15, -0.1) is 0 Å². The van der Waals surface area contributed by atoms with Crippen LogP contribution >= 0.6 is 0 Å². The summed E-state index contributed by atoms with van der Waals surface area (Å²) in [6, 6.07) is 0.876. The van der Waals surface area contributed by atoms with E-state index >= 15 is 0 Å². The van der Waals surface area contributed by atoms with E-state index in [4.69, 9.17) is 0 Å². The van der Waals surface area contributed by atoms with E-state index in [9.17, 15) is 27.6 Å². The Bertz CT molecular complexity index is 581. The van der Waals surface area contributed by atoms with Gasteiger partial charge in [0.1, 0.15) is 12.1 Å². The first kappa shape index (κ1) is 16.7. The number of pyridine rings is 1. The summed E-state index contributed by atoms with van der Waals surface area (Å²) in [5, 5.41) is 4.28. The van der Waals surface area contributed by atoms with Crippen molar-refractivity contribution in [1.29, 1.82) is 0 Å². The molecule has 0 radical (unpaired) electrons. The van der Waals surface area contributed by atoms with Gasteiger partial charge in [-0.25, -0.2) is 4.79 Å². The van der Waals surface area contributed by atoms with Gasteiger partial charge in [-0.3, -0.25) is 14.9 Å². The number of rotatable bonds is 4. The highest BCUT2D eigenvalue weighted by Crippen LogP contribution is 2.25. The van der Waals surface area contributed by atoms with Crippen molar-refractivity contribution in [2.24, 2.45) is 0 Å². The van der Waals surface area contributed by atoms with Crippen LogP contribution in [0.4, 0.5) is 18.0 Å². The molecule has 0 fully saturated rings. The Hall–Kier alpha value is -2.32. The Morgan fingerprint density at radius 2 is 2.00 bits per heavy atom. The first-order chi connectivity index (χ1) is 9.75. The third kappa shape index (κ3) is 4.93. The topological polar surface area (TPSA) is 80.2 Å². The van der Waals surface area contributed by atoms with E-state index in [1.54, 1.807) is 0 Å². The van der Waals surface area contributed by atoms with Crippen molar-refractivity contribution in [3.8, 4) is 0 Å². The highest BCUT2D eigenvalue weighted by Gasteiger charge is 2.34. The quantitative estimate of drug-likeness (QED) is 0.874. The minimum absolute atomic E-state index is 0.350. The van der Waals surface area contributed by atoms with Gasteiger partial charge in [-0.05, 0) is 18.6 Å². The summed E-state index contributed by atoms with van der Waals surface area (Å²) < 4.78 is 38.2. The number of amides is 3. The van der Waals surface area contributed by atoms with Gasteiger partial charge in [0.05, 0.1) is 0 Å². The molecular weight excluding hydrogens is 291 g/mol. The Labute approximate surface area is 117 Å². The minimum Gasteiger partial charge on any atom is -0.338 e. The maximum absolute atomic E-state index is 12.5. The standard InChI is InChI=1S/C12H14F3N3O3/c1-2-5-16-11(21)17-9(19)7-18-6-3-4-8(10(18)20)12(13,14)15/h3-4,6H,2,5,7H2,1H3,(H2,16,17,19,21). The Balaban J connectivity index is 2.78. The maximum atomic E-state index is 12.5. The number of carbonyl (C=O) groups excluding carboxylic acids is 2. The molecule has 6 nitrogen and oxygen atoms in total. The molecule has 0 saturated carbocycles. The molecular formula is C12H14F3N3O3. The highest BCUT2D eigenvalue weighted by atomic mass is 19.4. The molecule has 0 aliphatic heterocycles. The number of hydrogen-bond donors (Lipinski definition) is 2. The summed E-state index contributed by atoms with van der Waals surface area (Å²) in [6.45, 7) is 1.48. The van der Waals surface area contributed by atoms with Crippen LogP contribution in [0.1, 0.15) is 18.9 Å². The molecule has 0 saturated heterocycles. The van der Waals surface area contributed by atoms with Crippen molar-refractivity contribution in [1.82, 2.24) is 15.2 Å². The van der Waals surface area contributed by atoms with Crippen molar-refractivity contribution in [3.05, 3.63) is 34.2 Å². The van der Waals surface area contributed by atoms with E-state index in [-0.39, 0.29) is 0 Å². The average Bonchev–Trinajstić information content (AvgIpc) is 2.37. The fourth-order valence-electron chi connectivity index (χ4n) is 1.48. The first-order valence-corrected chi connectivity index (χ1v) is 6.10. The van der Waals surface area contributed by atoms with E-state index in [1.807, 2.05) is 12.2 Å². The van der Waals surface area contributed by atoms with Gasteiger partial charge >= 0.3 is 12.2 Å². The van der Waals surface area contributed by atoms with Gasteiger partial charge in [0.25, 0.3) is 5.56 Å². The molecule has 1 aromatic rings. The second-order valence-electron chi connectivity index (χ2n) is 4.16. The highest BCUT2D eigenvalue weighted by molar-refractivity contribution is 5.94. The van der Waals surface area contributed by atoms with Crippen LogP contribution in [0.2, 0.25) is 0 Å². The lowest BCUT2D eigenvalue weighted by molar-refractivity contribution is -0.139. The number of halogens is 3. The molecule has 21 heavy (non-hydrogen) atoms. The molecule has 0 unspecified atom stereocenters. The molecule has 1 heterocycles. The zero-order valence-electron chi connectivity index (χ0n) is 11.2. The van der Waals surface area contributed by atoms with Gasteiger partial charge < -0.3 is 9.88 Å². The summed E-state index contributed by atoms with van der Waals surface area (Å²) in [5.41, 5.74) is -2.71. The molecule has 3 amide bonds. The van der Waals surface area contributed by atoms with Crippen LogP contribution in [0, 0.1) is 0 Å². The molecule has 0 aromatic carbocycles. The largest absolute Gasteiger partial charge is 0.421 e. The second kappa shape index (κ2) is 6.91. The van der Waals surface area contributed by atoms with Crippen molar-refractivity contribution >= 4 is 11.9 Å². The van der Waals surface area contributed by atoms with Crippen molar-refractivity contribution in [2.45, 2.75) is 26.1 Å². The molecule has 1 rings (SSSR count). The lowest BCUT2D eigenvalue weighted by atomic mass is 10.2. The number of carbonyl (C=O) groups is 2. The average molecular weight is 305 g/mol. The normalized spacial score (nSPS) is 11.0. The molecule has 2 N–H and O–H groups in total. The van der Waals surface area contributed by atoms with E-state index in [1.165, 1.54) is 0 Å². The zero-order valence-corrected chi connectivity index (χ0v) is 11.2. The monoisotopic (exact) mass is 305 g/mol. The number of imide groups is 1. The zero-order chi connectivity index (χ0) is 16.0. The molecule has 0 bridgehead atoms. The molecule has 0 atom stereocenters. The number of alkyl halides is 3. The van der Waals surface area contributed by atoms with Crippen LogP contribution in [-0.4, -0.2) is 23.1 Å². The number of nitrogens with zero attached hydrogens (tertiary/aromatic N) is 1. The number of nitrogens with one attached hydrogen (secondary N) is 2. The maximum Gasteiger partial charge on any atom is 0.421 e. The third-order valence-corrected chi connectivity index (χ3v) is 2.43. The van der Waals surface area contributed by atoms with Gasteiger partial charge in [0.15, 0.2) is 0 Å². The van der Waals surface area contributed by atoms with E-state index in [0.717, 1.165) is 12.3 Å². The number of hydrogen-bond acceptors (Lipinski definition) is 3. The Kier molecular flexibility index (Phi) is 5.51. The first-order valence-electron chi connectivity index (χ1n) is 6.10.